The molecule has 0 fully saturated rings. The smallest absolute Gasteiger partial charge is 0.304 e. The molecule has 32 heavy (non-hydrogen) atoms. The fourth-order valence-corrected chi connectivity index (χ4v) is 4.64. The van der Waals surface area contributed by atoms with Crippen LogP contribution in [-0.2, 0) is 17.6 Å². The number of aromatic hydroxyl groups is 1. The molecule has 3 aromatic rings. The Morgan fingerprint density at radius 3 is 2.66 bits per heavy atom. The molecule has 0 radical (unpaired) electrons. The van der Waals surface area contributed by atoms with Crippen molar-refractivity contribution in [3.63, 3.8) is 0 Å². The number of benzene rings is 3. The minimum absolute atomic E-state index is 0.0672. The zero-order chi connectivity index (χ0) is 22.7. The lowest BCUT2D eigenvalue weighted by atomic mass is 9.93. The van der Waals surface area contributed by atoms with Gasteiger partial charge in [-0.05, 0) is 66.1 Å². The first-order valence-electron chi connectivity index (χ1n) is 10.9. The molecule has 5 nitrogen and oxygen atoms in total. The number of aryl methyl sites for hydroxylation is 1. The summed E-state index contributed by atoms with van der Waals surface area (Å²) in [6, 6.07) is 17.8. The number of aliphatic carboxylic acids is 1. The van der Waals surface area contributed by atoms with Gasteiger partial charge in [0.25, 0.3) is 0 Å². The van der Waals surface area contributed by atoms with Crippen molar-refractivity contribution in [1.29, 1.82) is 0 Å². The van der Waals surface area contributed by atoms with Gasteiger partial charge in [-0.25, -0.2) is 0 Å². The van der Waals surface area contributed by atoms with Gasteiger partial charge in [0.15, 0.2) is 0 Å². The SMILES string of the molecule is COc1cccc(-c2cccc3c2CCC3)c1C.O=C(O)CC1COc2cc(O)ccc21. The maximum absolute atomic E-state index is 10.5. The van der Waals surface area contributed by atoms with E-state index in [0.717, 1.165) is 11.3 Å². The molecule has 5 heteroatoms. The Kier molecular flexibility index (Phi) is 6.35. The molecule has 0 amide bonds. The fourth-order valence-electron chi connectivity index (χ4n) is 4.64. The van der Waals surface area contributed by atoms with Gasteiger partial charge in [-0.1, -0.05) is 36.4 Å². The molecule has 0 saturated carbocycles. The lowest BCUT2D eigenvalue weighted by Crippen LogP contribution is -2.07. The molecule has 1 aliphatic carbocycles. The van der Waals surface area contributed by atoms with Crippen LogP contribution in [0.1, 0.15) is 41.0 Å². The van der Waals surface area contributed by atoms with Crippen LogP contribution < -0.4 is 9.47 Å². The number of carboxylic acids is 1. The van der Waals surface area contributed by atoms with Crippen molar-refractivity contribution >= 4 is 5.97 Å². The van der Waals surface area contributed by atoms with E-state index in [4.69, 9.17) is 19.7 Å². The Bertz CT molecular complexity index is 1130. The molecule has 3 aromatic carbocycles. The van der Waals surface area contributed by atoms with Gasteiger partial charge < -0.3 is 19.7 Å². The van der Waals surface area contributed by atoms with Crippen molar-refractivity contribution in [1.82, 2.24) is 0 Å². The monoisotopic (exact) mass is 432 g/mol. The maximum Gasteiger partial charge on any atom is 0.304 e. The highest BCUT2D eigenvalue weighted by atomic mass is 16.5. The maximum atomic E-state index is 10.5. The lowest BCUT2D eigenvalue weighted by molar-refractivity contribution is -0.137. The van der Waals surface area contributed by atoms with Crippen molar-refractivity contribution in [2.75, 3.05) is 13.7 Å². The van der Waals surface area contributed by atoms with Crippen LogP contribution >= 0.6 is 0 Å². The number of ether oxygens (including phenoxy) is 2. The Morgan fingerprint density at radius 1 is 1.09 bits per heavy atom. The van der Waals surface area contributed by atoms with Crippen molar-refractivity contribution < 1.29 is 24.5 Å². The predicted octanol–water partition coefficient (Wildman–Crippen LogP) is 5.50. The number of phenols is 1. The quantitative estimate of drug-likeness (QED) is 0.569. The average molecular weight is 433 g/mol. The third kappa shape index (κ3) is 4.42. The van der Waals surface area contributed by atoms with E-state index in [1.165, 1.54) is 53.1 Å². The van der Waals surface area contributed by atoms with Crippen molar-refractivity contribution in [3.05, 3.63) is 76.9 Å². The van der Waals surface area contributed by atoms with Crippen molar-refractivity contribution in [2.24, 2.45) is 0 Å². The standard InChI is InChI=1S/C17H18O.C10H10O4/c1-12-14(8-5-11-17(12)18-2)16-10-4-7-13-6-3-9-15(13)16;11-7-1-2-8-6(3-10(12)13)5-14-9(8)4-7/h4-5,7-8,10-11H,3,6,9H2,1-2H3;1-2,4,6,11H,3,5H2,(H,12,13). The molecule has 166 valence electrons. The Labute approximate surface area is 188 Å². The number of methoxy groups -OCH3 is 1. The second kappa shape index (κ2) is 9.35. The number of hydrogen-bond donors (Lipinski definition) is 2. The molecule has 1 atom stereocenters. The summed E-state index contributed by atoms with van der Waals surface area (Å²) < 4.78 is 10.7. The number of fused-ring (bicyclic) bond motifs is 2. The van der Waals surface area contributed by atoms with Crippen LogP contribution in [0.2, 0.25) is 0 Å². The van der Waals surface area contributed by atoms with Crippen LogP contribution in [-0.4, -0.2) is 29.9 Å². The van der Waals surface area contributed by atoms with Crippen LogP contribution in [0.25, 0.3) is 11.1 Å². The van der Waals surface area contributed by atoms with E-state index in [0.29, 0.717) is 12.4 Å². The molecule has 1 aliphatic heterocycles. The molecular weight excluding hydrogens is 404 g/mol. The van der Waals surface area contributed by atoms with Gasteiger partial charge in [0, 0.05) is 17.5 Å². The summed E-state index contributed by atoms with van der Waals surface area (Å²) in [6.07, 6.45) is 3.79. The highest BCUT2D eigenvalue weighted by Gasteiger charge is 2.26. The topological polar surface area (TPSA) is 76.0 Å². The van der Waals surface area contributed by atoms with Gasteiger partial charge in [-0.3, -0.25) is 4.79 Å². The highest BCUT2D eigenvalue weighted by molar-refractivity contribution is 5.74. The lowest BCUT2D eigenvalue weighted by Gasteiger charge is -2.13. The summed E-state index contributed by atoms with van der Waals surface area (Å²) in [6.45, 7) is 2.52. The molecule has 1 heterocycles. The minimum atomic E-state index is -0.834. The van der Waals surface area contributed by atoms with Gasteiger partial charge in [0.05, 0.1) is 20.1 Å². The molecule has 0 bridgehead atoms. The zero-order valence-corrected chi connectivity index (χ0v) is 18.4. The third-order valence-electron chi connectivity index (χ3n) is 6.24. The van der Waals surface area contributed by atoms with Gasteiger partial charge in [-0.15, -0.1) is 0 Å². The van der Waals surface area contributed by atoms with E-state index in [2.05, 4.69) is 37.3 Å². The summed E-state index contributed by atoms with van der Waals surface area (Å²) in [5.41, 5.74) is 7.86. The number of carboxylic acid groups (broad SMARTS) is 1. The van der Waals surface area contributed by atoms with Gasteiger partial charge in [0.1, 0.15) is 17.2 Å². The first-order chi connectivity index (χ1) is 15.5. The number of carbonyl (C=O) groups is 1. The van der Waals surface area contributed by atoms with Crippen molar-refractivity contribution in [3.8, 4) is 28.4 Å². The van der Waals surface area contributed by atoms with E-state index in [9.17, 15) is 4.79 Å². The highest BCUT2D eigenvalue weighted by Crippen LogP contribution is 2.38. The van der Waals surface area contributed by atoms with Crippen LogP contribution in [0, 0.1) is 6.92 Å². The number of phenolic OH excluding ortho intramolecular Hbond substituents is 1. The van der Waals surface area contributed by atoms with Crippen LogP contribution in [0.15, 0.2) is 54.6 Å². The van der Waals surface area contributed by atoms with Crippen LogP contribution in [0.4, 0.5) is 0 Å². The summed E-state index contributed by atoms with van der Waals surface area (Å²) in [5.74, 6) is 0.779. The van der Waals surface area contributed by atoms with Crippen molar-refractivity contribution in [2.45, 2.75) is 38.5 Å². The summed E-state index contributed by atoms with van der Waals surface area (Å²) in [7, 11) is 1.74. The molecule has 0 aromatic heterocycles. The second-order valence-electron chi connectivity index (χ2n) is 8.26. The molecule has 0 spiro atoms. The summed E-state index contributed by atoms with van der Waals surface area (Å²) >= 11 is 0. The molecule has 0 saturated heterocycles. The van der Waals surface area contributed by atoms with Gasteiger partial charge in [0.2, 0.25) is 0 Å². The van der Waals surface area contributed by atoms with Crippen LogP contribution in [0.3, 0.4) is 0 Å². The third-order valence-corrected chi connectivity index (χ3v) is 6.24. The van der Waals surface area contributed by atoms with E-state index >= 15 is 0 Å². The van der Waals surface area contributed by atoms with E-state index in [1.807, 2.05) is 6.07 Å². The molecule has 2 N–H and O–H groups in total. The molecule has 2 aliphatic rings. The largest absolute Gasteiger partial charge is 0.508 e. The first-order valence-corrected chi connectivity index (χ1v) is 10.9. The van der Waals surface area contributed by atoms with Gasteiger partial charge in [-0.2, -0.15) is 0 Å². The Balaban J connectivity index is 0.000000158. The number of hydrogen-bond acceptors (Lipinski definition) is 4. The Hall–Kier alpha value is -3.47. The molecule has 5 rings (SSSR count). The minimum Gasteiger partial charge on any atom is -0.508 e. The Morgan fingerprint density at radius 2 is 1.88 bits per heavy atom. The fraction of sp³-hybridized carbons (Fsp3) is 0.296. The van der Waals surface area contributed by atoms with E-state index in [-0.39, 0.29) is 18.1 Å². The summed E-state index contributed by atoms with van der Waals surface area (Å²) in [4.78, 5) is 10.5. The normalized spacial score (nSPS) is 15.8. The van der Waals surface area contributed by atoms with Crippen LogP contribution in [0.5, 0.6) is 17.2 Å². The van der Waals surface area contributed by atoms with E-state index < -0.39 is 5.97 Å². The number of rotatable bonds is 4. The summed E-state index contributed by atoms with van der Waals surface area (Å²) in [5, 5.41) is 17.8. The molecule has 1 unspecified atom stereocenters. The average Bonchev–Trinajstić information content (AvgIpc) is 3.41. The zero-order valence-electron chi connectivity index (χ0n) is 18.4. The first kappa shape index (κ1) is 21.8. The van der Waals surface area contributed by atoms with E-state index in [1.54, 1.807) is 19.2 Å². The van der Waals surface area contributed by atoms with Gasteiger partial charge >= 0.3 is 5.97 Å². The predicted molar refractivity (Wildman–Crippen MR) is 124 cm³/mol. The second-order valence-corrected chi connectivity index (χ2v) is 8.26. The molecular formula is C27H28O5.